The molecule has 0 amide bonds. The van der Waals surface area contributed by atoms with E-state index in [-0.39, 0.29) is 29.4 Å². The van der Waals surface area contributed by atoms with Gasteiger partial charge in [0.2, 0.25) is 0 Å². The molecule has 0 aliphatic heterocycles. The molecule has 2 aromatic carbocycles. The van der Waals surface area contributed by atoms with E-state index in [1.807, 2.05) is 0 Å². The number of nitrogens with zero attached hydrogens (tertiary/aromatic N) is 1. The summed E-state index contributed by atoms with van der Waals surface area (Å²) in [5, 5.41) is 11.0. The quantitative estimate of drug-likeness (QED) is 0.629. The SMILES string of the molecule is COc1cc([C@H](N)C(F)(F)F)ccc1OCc1ccccc1[N+](=O)[O-]. The minimum absolute atomic E-state index is 0.0517. The van der Waals surface area contributed by atoms with Crippen molar-refractivity contribution in [2.75, 3.05) is 7.11 Å². The van der Waals surface area contributed by atoms with Gasteiger partial charge in [0.1, 0.15) is 12.6 Å². The standard InChI is InChI=1S/C16H15F3N2O4/c1-24-14-8-10(15(20)16(17,18)19)6-7-13(14)25-9-11-4-2-3-5-12(11)21(22)23/h2-8,15H,9,20H2,1H3/t15-/m0/s1. The number of hydrogen-bond acceptors (Lipinski definition) is 5. The Morgan fingerprint density at radius 2 is 1.88 bits per heavy atom. The van der Waals surface area contributed by atoms with Crippen molar-refractivity contribution in [1.29, 1.82) is 0 Å². The van der Waals surface area contributed by atoms with Gasteiger partial charge in [0.25, 0.3) is 5.69 Å². The van der Waals surface area contributed by atoms with Crippen molar-refractivity contribution in [2.45, 2.75) is 18.8 Å². The van der Waals surface area contributed by atoms with Gasteiger partial charge in [-0.3, -0.25) is 10.1 Å². The number of methoxy groups -OCH3 is 1. The number of benzene rings is 2. The number of nitro benzene ring substituents is 1. The van der Waals surface area contributed by atoms with E-state index < -0.39 is 17.1 Å². The highest BCUT2D eigenvalue weighted by Gasteiger charge is 2.38. The Bertz CT molecular complexity index is 765. The number of nitro groups is 1. The van der Waals surface area contributed by atoms with E-state index in [1.54, 1.807) is 6.07 Å². The van der Waals surface area contributed by atoms with Crippen molar-refractivity contribution in [3.8, 4) is 11.5 Å². The van der Waals surface area contributed by atoms with Gasteiger partial charge in [-0.25, -0.2) is 0 Å². The van der Waals surface area contributed by atoms with Gasteiger partial charge in [0, 0.05) is 6.07 Å². The van der Waals surface area contributed by atoms with Crippen LogP contribution in [0.25, 0.3) is 0 Å². The molecular weight excluding hydrogens is 341 g/mol. The molecule has 134 valence electrons. The smallest absolute Gasteiger partial charge is 0.407 e. The van der Waals surface area contributed by atoms with Crippen LogP contribution in [0.5, 0.6) is 11.5 Å². The largest absolute Gasteiger partial charge is 0.493 e. The van der Waals surface area contributed by atoms with Crippen LogP contribution in [-0.2, 0) is 6.61 Å². The van der Waals surface area contributed by atoms with Gasteiger partial charge in [0.15, 0.2) is 11.5 Å². The zero-order valence-electron chi connectivity index (χ0n) is 13.1. The molecule has 0 saturated carbocycles. The maximum absolute atomic E-state index is 12.7. The van der Waals surface area contributed by atoms with Crippen LogP contribution in [-0.4, -0.2) is 18.2 Å². The van der Waals surface area contributed by atoms with E-state index in [4.69, 9.17) is 15.2 Å². The Kier molecular flexibility index (Phi) is 5.48. The first-order valence-corrected chi connectivity index (χ1v) is 7.09. The van der Waals surface area contributed by atoms with E-state index in [0.717, 1.165) is 6.07 Å². The van der Waals surface area contributed by atoms with E-state index in [1.165, 1.54) is 37.4 Å². The van der Waals surface area contributed by atoms with Crippen LogP contribution in [0, 0.1) is 10.1 Å². The average Bonchev–Trinajstić information content (AvgIpc) is 2.58. The van der Waals surface area contributed by atoms with E-state index >= 15 is 0 Å². The van der Waals surface area contributed by atoms with Gasteiger partial charge in [-0.1, -0.05) is 18.2 Å². The Hall–Kier alpha value is -2.81. The maximum atomic E-state index is 12.7. The van der Waals surface area contributed by atoms with Crippen molar-refractivity contribution in [1.82, 2.24) is 0 Å². The highest BCUT2D eigenvalue weighted by atomic mass is 19.4. The molecule has 0 spiro atoms. The molecule has 0 aliphatic carbocycles. The van der Waals surface area contributed by atoms with Crippen molar-refractivity contribution >= 4 is 5.69 Å². The molecule has 1 atom stereocenters. The molecule has 2 rings (SSSR count). The molecule has 0 aliphatic rings. The fraction of sp³-hybridized carbons (Fsp3) is 0.250. The highest BCUT2D eigenvalue weighted by molar-refractivity contribution is 5.45. The van der Waals surface area contributed by atoms with Crippen molar-refractivity contribution in [3.05, 3.63) is 63.7 Å². The lowest BCUT2D eigenvalue weighted by molar-refractivity contribution is -0.385. The van der Waals surface area contributed by atoms with E-state index in [2.05, 4.69) is 0 Å². The Balaban J connectivity index is 2.22. The summed E-state index contributed by atoms with van der Waals surface area (Å²) in [4.78, 5) is 10.4. The summed E-state index contributed by atoms with van der Waals surface area (Å²) in [6.45, 7) is -0.141. The van der Waals surface area contributed by atoms with Crippen LogP contribution < -0.4 is 15.2 Å². The lowest BCUT2D eigenvalue weighted by atomic mass is 10.1. The van der Waals surface area contributed by atoms with Crippen LogP contribution in [0.4, 0.5) is 18.9 Å². The third kappa shape index (κ3) is 4.38. The monoisotopic (exact) mass is 356 g/mol. The maximum Gasteiger partial charge on any atom is 0.407 e. The molecule has 25 heavy (non-hydrogen) atoms. The number of rotatable bonds is 6. The summed E-state index contributed by atoms with van der Waals surface area (Å²) < 4.78 is 48.6. The molecular formula is C16H15F3N2O4. The van der Waals surface area contributed by atoms with Gasteiger partial charge in [-0.2, -0.15) is 13.2 Å². The predicted molar refractivity (Wildman–Crippen MR) is 83.4 cm³/mol. The van der Waals surface area contributed by atoms with E-state index in [9.17, 15) is 23.3 Å². The second kappa shape index (κ2) is 7.39. The zero-order valence-corrected chi connectivity index (χ0v) is 13.1. The molecule has 0 heterocycles. The molecule has 0 saturated heterocycles. The molecule has 0 unspecified atom stereocenters. The lowest BCUT2D eigenvalue weighted by Gasteiger charge is -2.18. The fourth-order valence-corrected chi connectivity index (χ4v) is 2.15. The van der Waals surface area contributed by atoms with Gasteiger partial charge >= 0.3 is 6.18 Å². The first-order chi connectivity index (χ1) is 11.7. The van der Waals surface area contributed by atoms with E-state index in [0.29, 0.717) is 5.56 Å². The topological polar surface area (TPSA) is 87.6 Å². The molecule has 2 aromatic rings. The highest BCUT2D eigenvalue weighted by Crippen LogP contribution is 2.36. The predicted octanol–water partition coefficient (Wildman–Crippen LogP) is 3.74. The third-order valence-corrected chi connectivity index (χ3v) is 3.47. The summed E-state index contributed by atoms with van der Waals surface area (Å²) >= 11 is 0. The first kappa shape index (κ1) is 18.5. The summed E-state index contributed by atoms with van der Waals surface area (Å²) in [5.41, 5.74) is 5.20. The number of ether oxygens (including phenoxy) is 2. The van der Waals surface area contributed by atoms with Crippen LogP contribution in [0.1, 0.15) is 17.2 Å². The molecule has 0 radical (unpaired) electrons. The molecule has 2 N–H and O–H groups in total. The lowest BCUT2D eigenvalue weighted by Crippen LogP contribution is -2.28. The molecule has 0 fully saturated rings. The number of halogens is 3. The molecule has 0 aromatic heterocycles. The van der Waals surface area contributed by atoms with Crippen molar-refractivity contribution < 1.29 is 27.6 Å². The normalized spacial score (nSPS) is 12.5. The van der Waals surface area contributed by atoms with Crippen LogP contribution in [0.2, 0.25) is 0 Å². The summed E-state index contributed by atoms with van der Waals surface area (Å²) in [6, 6.07) is 7.45. The average molecular weight is 356 g/mol. The summed E-state index contributed by atoms with van der Waals surface area (Å²) in [5.74, 6) is 0.203. The zero-order chi connectivity index (χ0) is 18.6. The van der Waals surface area contributed by atoms with Crippen molar-refractivity contribution in [2.24, 2.45) is 5.73 Å². The molecule has 0 bridgehead atoms. The Morgan fingerprint density at radius 3 is 2.48 bits per heavy atom. The molecule has 6 nitrogen and oxygen atoms in total. The molecule has 9 heteroatoms. The third-order valence-electron chi connectivity index (χ3n) is 3.47. The first-order valence-electron chi connectivity index (χ1n) is 7.09. The minimum Gasteiger partial charge on any atom is -0.493 e. The van der Waals surface area contributed by atoms with Crippen LogP contribution in [0.3, 0.4) is 0 Å². The number of alkyl halides is 3. The minimum atomic E-state index is -4.59. The fourth-order valence-electron chi connectivity index (χ4n) is 2.15. The Labute approximate surface area is 141 Å². The van der Waals surface area contributed by atoms with Gasteiger partial charge < -0.3 is 15.2 Å². The second-order valence-corrected chi connectivity index (χ2v) is 5.10. The number of hydrogen-bond donors (Lipinski definition) is 1. The summed E-state index contributed by atoms with van der Waals surface area (Å²) in [6.07, 6.45) is -4.59. The van der Waals surface area contributed by atoms with Gasteiger partial charge in [-0.15, -0.1) is 0 Å². The summed E-state index contributed by atoms with van der Waals surface area (Å²) in [7, 11) is 1.27. The van der Waals surface area contributed by atoms with Crippen LogP contribution >= 0.6 is 0 Å². The van der Waals surface area contributed by atoms with Gasteiger partial charge in [-0.05, 0) is 23.8 Å². The van der Waals surface area contributed by atoms with Crippen LogP contribution in [0.15, 0.2) is 42.5 Å². The number of para-hydroxylation sites is 1. The van der Waals surface area contributed by atoms with Gasteiger partial charge in [0.05, 0.1) is 17.6 Å². The Morgan fingerprint density at radius 1 is 1.20 bits per heavy atom. The van der Waals surface area contributed by atoms with Crippen molar-refractivity contribution in [3.63, 3.8) is 0 Å². The second-order valence-electron chi connectivity index (χ2n) is 5.10. The number of nitrogens with two attached hydrogens (primary N) is 1.